The summed E-state index contributed by atoms with van der Waals surface area (Å²) in [5.41, 5.74) is 2.06. The number of hydrogen-bond acceptors (Lipinski definition) is 6. The second-order valence-electron chi connectivity index (χ2n) is 7.65. The lowest BCUT2D eigenvalue weighted by Crippen LogP contribution is -2.45. The van der Waals surface area contributed by atoms with Gasteiger partial charge in [-0.25, -0.2) is 4.98 Å². The summed E-state index contributed by atoms with van der Waals surface area (Å²) >= 11 is 0. The average molecular weight is 412 g/mol. The third-order valence-corrected chi connectivity index (χ3v) is 5.00. The number of hydrogen-bond donors (Lipinski definition) is 2. The summed E-state index contributed by atoms with van der Waals surface area (Å²) in [6.07, 6.45) is 8.64. The van der Waals surface area contributed by atoms with Gasteiger partial charge in [-0.15, -0.1) is 0 Å². The van der Waals surface area contributed by atoms with E-state index in [0.29, 0.717) is 18.1 Å². The van der Waals surface area contributed by atoms with Gasteiger partial charge in [0.05, 0.1) is 7.11 Å². The van der Waals surface area contributed by atoms with Crippen molar-refractivity contribution in [2.75, 3.05) is 46.2 Å². The van der Waals surface area contributed by atoms with Crippen LogP contribution in [0.2, 0.25) is 0 Å². The van der Waals surface area contributed by atoms with Gasteiger partial charge in [-0.2, -0.15) is 0 Å². The molecule has 0 aromatic carbocycles. The summed E-state index contributed by atoms with van der Waals surface area (Å²) in [5, 5.41) is 3.33. The largest absolute Gasteiger partial charge is 0.481 e. The van der Waals surface area contributed by atoms with Gasteiger partial charge in [-0.05, 0) is 44.6 Å². The van der Waals surface area contributed by atoms with Crippen LogP contribution in [-0.2, 0) is 4.79 Å². The molecular formula is C22H29N5O3. The van der Waals surface area contributed by atoms with Crippen molar-refractivity contribution in [2.24, 2.45) is 0 Å². The van der Waals surface area contributed by atoms with Gasteiger partial charge in [0.15, 0.2) is 0 Å². The number of H-pyrrole nitrogens is 1. The molecule has 3 heterocycles. The van der Waals surface area contributed by atoms with Gasteiger partial charge in [0, 0.05) is 55.8 Å². The number of anilines is 1. The van der Waals surface area contributed by atoms with Crippen LogP contribution in [0.25, 0.3) is 11.1 Å². The quantitative estimate of drug-likeness (QED) is 0.677. The topological polar surface area (TPSA) is 90.6 Å². The highest BCUT2D eigenvalue weighted by Crippen LogP contribution is 2.23. The first-order valence-corrected chi connectivity index (χ1v) is 10.1. The first kappa shape index (κ1) is 21.6. The Labute approximate surface area is 176 Å². The molecule has 0 unspecified atom stereocenters. The van der Waals surface area contributed by atoms with E-state index in [1.54, 1.807) is 25.6 Å². The molecule has 160 valence electrons. The SMILES string of the molecule is COc1cc(-c2c[nH]c(=O)c(N[C@H]3CCCN(C(=O)/C=C/CN(C)C)C3)c2)ccn1. The molecule has 2 N–H and O–H groups in total. The molecular weight excluding hydrogens is 382 g/mol. The van der Waals surface area contributed by atoms with E-state index < -0.39 is 0 Å². The number of piperidine rings is 1. The van der Waals surface area contributed by atoms with Crippen LogP contribution in [0.3, 0.4) is 0 Å². The Balaban J connectivity index is 1.70. The van der Waals surface area contributed by atoms with Crippen molar-refractivity contribution < 1.29 is 9.53 Å². The molecule has 30 heavy (non-hydrogen) atoms. The molecule has 1 amide bonds. The molecule has 1 fully saturated rings. The normalized spacial score (nSPS) is 16.8. The minimum atomic E-state index is -0.186. The molecule has 3 rings (SSSR count). The molecule has 0 spiro atoms. The van der Waals surface area contributed by atoms with E-state index in [0.717, 1.165) is 37.1 Å². The number of aromatic amines is 1. The molecule has 8 nitrogen and oxygen atoms in total. The van der Waals surface area contributed by atoms with Gasteiger partial charge in [0.2, 0.25) is 11.8 Å². The van der Waals surface area contributed by atoms with Crippen molar-refractivity contribution in [3.05, 3.63) is 53.1 Å². The van der Waals surface area contributed by atoms with Crippen LogP contribution >= 0.6 is 0 Å². The summed E-state index contributed by atoms with van der Waals surface area (Å²) in [6, 6.07) is 5.53. The van der Waals surface area contributed by atoms with Gasteiger partial charge >= 0.3 is 0 Å². The maximum Gasteiger partial charge on any atom is 0.271 e. The second-order valence-corrected chi connectivity index (χ2v) is 7.65. The Bertz CT molecular complexity index is 954. The Morgan fingerprint density at radius 2 is 2.23 bits per heavy atom. The maximum absolute atomic E-state index is 12.5. The zero-order valence-corrected chi connectivity index (χ0v) is 17.7. The number of ether oxygens (including phenoxy) is 1. The van der Waals surface area contributed by atoms with Crippen LogP contribution in [0.5, 0.6) is 5.88 Å². The molecule has 0 aliphatic carbocycles. The Kier molecular flexibility index (Phi) is 7.24. The predicted molar refractivity (Wildman–Crippen MR) is 118 cm³/mol. The minimum Gasteiger partial charge on any atom is -0.481 e. The van der Waals surface area contributed by atoms with Crippen LogP contribution in [0.1, 0.15) is 12.8 Å². The van der Waals surface area contributed by atoms with Gasteiger partial charge in [0.25, 0.3) is 5.56 Å². The molecule has 2 aromatic heterocycles. The number of likely N-dealkylation sites (N-methyl/N-ethyl adjacent to an activating group) is 1. The average Bonchev–Trinajstić information content (AvgIpc) is 2.75. The van der Waals surface area contributed by atoms with Crippen LogP contribution in [0.15, 0.2) is 47.5 Å². The number of pyridine rings is 2. The molecule has 0 bridgehead atoms. The molecule has 2 aromatic rings. The molecule has 1 saturated heterocycles. The third-order valence-electron chi connectivity index (χ3n) is 5.00. The van der Waals surface area contributed by atoms with E-state index in [1.807, 2.05) is 48.2 Å². The van der Waals surface area contributed by atoms with E-state index >= 15 is 0 Å². The van der Waals surface area contributed by atoms with Crippen molar-refractivity contribution in [1.82, 2.24) is 19.8 Å². The zero-order chi connectivity index (χ0) is 21.5. The Hall–Kier alpha value is -3.13. The number of amides is 1. The standard InChI is InChI=1S/C22H29N5O3/c1-26(2)10-5-7-21(28)27-11-4-6-18(15-27)25-19-12-17(14-24-22(19)29)16-8-9-23-20(13-16)30-3/h5,7-9,12-14,18,25H,4,6,10-11,15H2,1-3H3,(H,24,29)/b7-5+/t18-/m0/s1. The Morgan fingerprint density at radius 3 is 3.00 bits per heavy atom. The van der Waals surface area contributed by atoms with Crippen molar-refractivity contribution >= 4 is 11.6 Å². The molecule has 0 radical (unpaired) electrons. The first-order chi connectivity index (χ1) is 14.5. The number of carbonyl (C=O) groups excluding carboxylic acids is 1. The van der Waals surface area contributed by atoms with Crippen molar-refractivity contribution in [3.8, 4) is 17.0 Å². The monoisotopic (exact) mass is 411 g/mol. The number of likely N-dealkylation sites (tertiary alicyclic amines) is 1. The predicted octanol–water partition coefficient (Wildman–Crippen LogP) is 1.97. The number of aromatic nitrogens is 2. The summed E-state index contributed by atoms with van der Waals surface area (Å²) < 4.78 is 5.18. The van der Waals surface area contributed by atoms with E-state index in [4.69, 9.17) is 4.74 Å². The van der Waals surface area contributed by atoms with Crippen LogP contribution in [0.4, 0.5) is 5.69 Å². The molecule has 8 heteroatoms. The minimum absolute atomic E-state index is 0.00916. The second kappa shape index (κ2) is 10.1. The molecule has 1 aliphatic heterocycles. The summed E-state index contributed by atoms with van der Waals surface area (Å²) in [6.45, 7) is 2.03. The van der Waals surface area contributed by atoms with Crippen LogP contribution in [0, 0.1) is 0 Å². The van der Waals surface area contributed by atoms with E-state index in [-0.39, 0.29) is 17.5 Å². The third kappa shape index (κ3) is 5.70. The number of methoxy groups -OCH3 is 1. The van der Waals surface area contributed by atoms with Crippen molar-refractivity contribution in [3.63, 3.8) is 0 Å². The fraction of sp³-hybridized carbons (Fsp3) is 0.409. The van der Waals surface area contributed by atoms with Gasteiger partial charge in [-0.1, -0.05) is 6.08 Å². The first-order valence-electron chi connectivity index (χ1n) is 10.1. The lowest BCUT2D eigenvalue weighted by atomic mass is 10.0. The van der Waals surface area contributed by atoms with Crippen LogP contribution in [-0.4, -0.2) is 72.6 Å². The maximum atomic E-state index is 12.5. The lowest BCUT2D eigenvalue weighted by Gasteiger charge is -2.33. The molecule has 1 atom stereocenters. The van der Waals surface area contributed by atoms with Crippen molar-refractivity contribution in [1.29, 1.82) is 0 Å². The van der Waals surface area contributed by atoms with Gasteiger partial charge < -0.3 is 24.8 Å². The summed E-state index contributed by atoms with van der Waals surface area (Å²) in [7, 11) is 5.49. The number of rotatable bonds is 7. The van der Waals surface area contributed by atoms with E-state index in [2.05, 4.69) is 15.3 Å². The van der Waals surface area contributed by atoms with Crippen LogP contribution < -0.4 is 15.6 Å². The van der Waals surface area contributed by atoms with Gasteiger partial charge in [-0.3, -0.25) is 9.59 Å². The number of nitrogens with zero attached hydrogens (tertiary/aromatic N) is 3. The highest BCUT2D eigenvalue weighted by atomic mass is 16.5. The smallest absolute Gasteiger partial charge is 0.271 e. The highest BCUT2D eigenvalue weighted by molar-refractivity contribution is 5.87. The molecule has 1 aliphatic rings. The molecule has 0 saturated carbocycles. The van der Waals surface area contributed by atoms with Gasteiger partial charge in [0.1, 0.15) is 5.69 Å². The fourth-order valence-electron chi connectivity index (χ4n) is 3.44. The van der Waals surface area contributed by atoms with Crippen molar-refractivity contribution in [2.45, 2.75) is 18.9 Å². The van der Waals surface area contributed by atoms with E-state index in [1.165, 1.54) is 0 Å². The fourth-order valence-corrected chi connectivity index (χ4v) is 3.44. The van der Waals surface area contributed by atoms with E-state index in [9.17, 15) is 9.59 Å². The zero-order valence-electron chi connectivity index (χ0n) is 17.7. The summed E-state index contributed by atoms with van der Waals surface area (Å²) in [4.78, 5) is 35.6. The Morgan fingerprint density at radius 1 is 1.40 bits per heavy atom. The number of carbonyl (C=O) groups is 1. The lowest BCUT2D eigenvalue weighted by molar-refractivity contribution is -0.127. The summed E-state index contributed by atoms with van der Waals surface area (Å²) in [5.74, 6) is 0.520. The number of nitrogens with one attached hydrogen (secondary N) is 2. The highest BCUT2D eigenvalue weighted by Gasteiger charge is 2.23.